The van der Waals surface area contributed by atoms with Crippen LogP contribution >= 0.6 is 0 Å². The Labute approximate surface area is 178 Å². The highest BCUT2D eigenvalue weighted by Gasteiger charge is 2.33. The fourth-order valence-electron chi connectivity index (χ4n) is 3.46. The van der Waals surface area contributed by atoms with Gasteiger partial charge in [-0.25, -0.2) is 18.7 Å². The topological polar surface area (TPSA) is 97.9 Å². The molecule has 0 saturated carbocycles. The van der Waals surface area contributed by atoms with Crippen LogP contribution in [0.5, 0.6) is 0 Å². The summed E-state index contributed by atoms with van der Waals surface area (Å²) >= 11 is 0. The van der Waals surface area contributed by atoms with Gasteiger partial charge in [0.15, 0.2) is 0 Å². The summed E-state index contributed by atoms with van der Waals surface area (Å²) in [5.41, 5.74) is -0.316. The minimum atomic E-state index is -1.61. The van der Waals surface area contributed by atoms with Crippen molar-refractivity contribution in [3.05, 3.63) is 59.8 Å². The van der Waals surface area contributed by atoms with Crippen molar-refractivity contribution in [2.45, 2.75) is 45.1 Å². The molecule has 31 heavy (non-hydrogen) atoms. The second-order valence-corrected chi connectivity index (χ2v) is 8.05. The molecule has 162 valence electrons. The first kappa shape index (κ1) is 20.7. The van der Waals surface area contributed by atoms with Crippen molar-refractivity contribution >= 4 is 17.6 Å². The van der Waals surface area contributed by atoms with Crippen molar-refractivity contribution < 1.29 is 14.0 Å². The molecule has 10 heteroatoms. The van der Waals surface area contributed by atoms with E-state index >= 15 is 0 Å². The van der Waals surface area contributed by atoms with Crippen molar-refractivity contribution in [1.29, 1.82) is 0 Å². The van der Waals surface area contributed by atoms with Gasteiger partial charge in [-0.3, -0.25) is 14.5 Å². The number of carbonyl (C=O) groups excluding carboxylic acids is 2. The van der Waals surface area contributed by atoms with Gasteiger partial charge in [-0.15, -0.1) is 5.10 Å². The highest BCUT2D eigenvalue weighted by molar-refractivity contribution is 6.00. The van der Waals surface area contributed by atoms with Crippen molar-refractivity contribution in [2.75, 3.05) is 11.9 Å². The fraction of sp³-hybridized carbons (Fsp3) is 0.381. The van der Waals surface area contributed by atoms with Crippen LogP contribution < -0.4 is 10.2 Å². The monoisotopic (exact) mass is 425 g/mol. The van der Waals surface area contributed by atoms with Gasteiger partial charge >= 0.3 is 0 Å². The van der Waals surface area contributed by atoms with Crippen LogP contribution in [0, 0.1) is 0 Å². The highest BCUT2D eigenvalue weighted by Crippen LogP contribution is 2.29. The van der Waals surface area contributed by atoms with Crippen molar-refractivity contribution in [2.24, 2.45) is 0 Å². The zero-order valence-electron chi connectivity index (χ0n) is 17.6. The largest absolute Gasteiger partial charge is 0.337 e. The zero-order chi connectivity index (χ0) is 22.2. The average Bonchev–Trinajstić information content (AvgIpc) is 3.35. The maximum atomic E-state index is 14.3. The molecule has 1 atom stereocenters. The van der Waals surface area contributed by atoms with Gasteiger partial charge in [0.1, 0.15) is 29.5 Å². The maximum absolute atomic E-state index is 14.3. The van der Waals surface area contributed by atoms with Crippen LogP contribution in [-0.2, 0) is 23.6 Å². The molecular weight excluding hydrogens is 401 g/mol. The van der Waals surface area contributed by atoms with Crippen molar-refractivity contribution in [3.63, 3.8) is 0 Å². The molecule has 1 aliphatic heterocycles. The highest BCUT2D eigenvalue weighted by atomic mass is 19.1. The van der Waals surface area contributed by atoms with Crippen LogP contribution in [0.1, 0.15) is 42.1 Å². The van der Waals surface area contributed by atoms with E-state index in [-0.39, 0.29) is 17.4 Å². The molecule has 1 N–H and O–H groups in total. The number of hydrogen-bond donors (Lipinski definition) is 1. The van der Waals surface area contributed by atoms with Crippen molar-refractivity contribution in [1.82, 2.24) is 29.9 Å². The van der Waals surface area contributed by atoms with Crippen LogP contribution in [-0.4, -0.2) is 49.4 Å². The Morgan fingerprint density at radius 3 is 2.71 bits per heavy atom. The zero-order valence-corrected chi connectivity index (χ0v) is 17.6. The van der Waals surface area contributed by atoms with E-state index in [9.17, 15) is 14.0 Å². The summed E-state index contributed by atoms with van der Waals surface area (Å²) in [4.78, 5) is 31.0. The lowest BCUT2D eigenvalue weighted by molar-refractivity contribution is -0.120. The number of nitrogens with zero attached hydrogens (tertiary/aromatic N) is 6. The molecule has 0 spiro atoms. The number of benzene rings is 1. The summed E-state index contributed by atoms with van der Waals surface area (Å²) in [5.74, 6) is -0.342. The number of anilines is 1. The van der Waals surface area contributed by atoms with Crippen LogP contribution in [0.25, 0.3) is 0 Å². The van der Waals surface area contributed by atoms with E-state index in [2.05, 4.69) is 20.5 Å². The lowest BCUT2D eigenvalue weighted by Crippen LogP contribution is -2.47. The predicted octanol–water partition coefficient (Wildman–Crippen LogP) is 1.89. The van der Waals surface area contributed by atoms with E-state index in [0.717, 1.165) is 5.56 Å². The van der Waals surface area contributed by atoms with E-state index < -0.39 is 17.6 Å². The third kappa shape index (κ3) is 4.32. The molecule has 3 heterocycles. The molecule has 0 fully saturated rings. The molecule has 1 aromatic carbocycles. The number of aryl methyl sites for hydroxylation is 1. The van der Waals surface area contributed by atoms with E-state index in [1.54, 1.807) is 22.5 Å². The summed E-state index contributed by atoms with van der Waals surface area (Å²) in [6, 6.07) is 10.5. The molecule has 9 nitrogen and oxygen atoms in total. The molecule has 2 amide bonds. The lowest BCUT2D eigenvalue weighted by atomic mass is 10.1. The van der Waals surface area contributed by atoms with Gasteiger partial charge < -0.3 is 5.32 Å². The summed E-state index contributed by atoms with van der Waals surface area (Å²) < 4.78 is 17.4. The first-order valence-electron chi connectivity index (χ1n) is 10.0. The van der Waals surface area contributed by atoms with Gasteiger partial charge in [0.2, 0.25) is 5.82 Å². The van der Waals surface area contributed by atoms with Gasteiger partial charge in [-0.1, -0.05) is 30.3 Å². The van der Waals surface area contributed by atoms with Crippen molar-refractivity contribution in [3.8, 4) is 0 Å². The number of rotatable bonds is 5. The van der Waals surface area contributed by atoms with Gasteiger partial charge in [-0.2, -0.15) is 5.10 Å². The van der Waals surface area contributed by atoms with Crippen LogP contribution in [0.3, 0.4) is 0 Å². The summed E-state index contributed by atoms with van der Waals surface area (Å²) in [7, 11) is 1.59. The number of likely N-dealkylation sites (N-methyl/N-ethyl adjacent to an activating group) is 1. The molecule has 0 radical (unpaired) electrons. The van der Waals surface area contributed by atoms with Gasteiger partial charge in [0.05, 0.1) is 6.54 Å². The maximum Gasteiger partial charge on any atom is 0.291 e. The standard InChI is InChI=1S/C21H24FN7O2/c1-21(2,22)16-11-17-27(3)20(31)15(9-10-29(17)25-16)24-19(30)18-23-13-28(26-18)12-14-7-5-4-6-8-14/h4-8,11,13,15H,9-10,12H2,1-3H3,(H,24,30). The smallest absolute Gasteiger partial charge is 0.291 e. The first-order chi connectivity index (χ1) is 14.7. The molecule has 2 aromatic heterocycles. The molecule has 0 aliphatic carbocycles. The number of alkyl halides is 1. The Hall–Kier alpha value is -3.56. The lowest BCUT2D eigenvalue weighted by Gasteiger charge is -2.20. The SMILES string of the molecule is CN1C(=O)C(NC(=O)c2ncn(Cc3ccccc3)n2)CCn2nc(C(C)(C)F)cc21. The Kier molecular flexibility index (Phi) is 5.30. The number of amides is 2. The van der Waals surface area contributed by atoms with E-state index in [1.165, 1.54) is 25.1 Å². The second kappa shape index (κ2) is 7.93. The number of fused-ring (bicyclic) bond motifs is 1. The predicted molar refractivity (Wildman–Crippen MR) is 111 cm³/mol. The van der Waals surface area contributed by atoms with Crippen LogP contribution in [0.15, 0.2) is 42.7 Å². The normalized spacial score (nSPS) is 16.7. The van der Waals surface area contributed by atoms with E-state index in [4.69, 9.17) is 0 Å². The molecule has 1 aliphatic rings. The number of hydrogen-bond acceptors (Lipinski definition) is 5. The Balaban J connectivity index is 1.44. The average molecular weight is 425 g/mol. The molecule has 3 aromatic rings. The Bertz CT molecular complexity index is 1100. The summed E-state index contributed by atoms with van der Waals surface area (Å²) in [5, 5.41) is 11.2. The van der Waals surface area contributed by atoms with Gasteiger partial charge in [0.25, 0.3) is 11.8 Å². The third-order valence-corrected chi connectivity index (χ3v) is 5.20. The second-order valence-electron chi connectivity index (χ2n) is 8.05. The minimum Gasteiger partial charge on any atom is -0.337 e. The number of aromatic nitrogens is 5. The molecule has 4 rings (SSSR count). The third-order valence-electron chi connectivity index (χ3n) is 5.20. The Morgan fingerprint density at radius 2 is 2.00 bits per heavy atom. The Morgan fingerprint density at radius 1 is 1.26 bits per heavy atom. The molecule has 0 bridgehead atoms. The number of carbonyl (C=O) groups is 2. The van der Waals surface area contributed by atoms with Crippen LogP contribution in [0.2, 0.25) is 0 Å². The summed E-state index contributed by atoms with van der Waals surface area (Å²) in [6.45, 7) is 3.69. The van der Waals surface area contributed by atoms with E-state index in [0.29, 0.717) is 25.3 Å². The number of halogens is 1. The first-order valence-corrected chi connectivity index (χ1v) is 10.0. The van der Waals surface area contributed by atoms with Gasteiger partial charge in [-0.05, 0) is 25.8 Å². The number of nitrogens with one attached hydrogen (secondary N) is 1. The molecule has 0 saturated heterocycles. The van der Waals surface area contributed by atoms with E-state index in [1.807, 2.05) is 30.3 Å². The minimum absolute atomic E-state index is 0.00478. The molecular formula is C21H24FN7O2. The molecule has 1 unspecified atom stereocenters. The van der Waals surface area contributed by atoms with Gasteiger partial charge in [0, 0.05) is 19.7 Å². The fourth-order valence-corrected chi connectivity index (χ4v) is 3.46. The quantitative estimate of drug-likeness (QED) is 0.673. The van der Waals surface area contributed by atoms with Crippen LogP contribution in [0.4, 0.5) is 10.2 Å². The summed E-state index contributed by atoms with van der Waals surface area (Å²) in [6.07, 6.45) is 1.80.